The van der Waals surface area contributed by atoms with Crippen molar-refractivity contribution in [2.45, 2.75) is 19.1 Å². The topological polar surface area (TPSA) is 148 Å². The quantitative estimate of drug-likeness (QED) is 0.323. The number of nitrogens with one attached hydrogen (secondary N) is 2. The summed E-state index contributed by atoms with van der Waals surface area (Å²) in [6.07, 6.45) is -1.38. The molecule has 0 bridgehead atoms. The number of carbonyl (C=O) groups is 2. The van der Waals surface area contributed by atoms with E-state index in [1.807, 2.05) is 0 Å². The molecular formula is C11H14N4O5. The maximum Gasteiger partial charge on any atom is 0.347 e. The molecule has 0 heterocycles. The molecule has 1 amide bonds. The Kier molecular flexibility index (Phi) is 4.98. The smallest absolute Gasteiger partial charge is 0.347 e. The van der Waals surface area contributed by atoms with E-state index in [1.54, 1.807) is 0 Å². The van der Waals surface area contributed by atoms with Crippen molar-refractivity contribution in [3.05, 3.63) is 34.4 Å². The van der Waals surface area contributed by atoms with Gasteiger partial charge in [-0.3, -0.25) is 14.9 Å². The largest absolute Gasteiger partial charge is 0.478 e. The standard InChI is InChI=1S/C11H14N4O5/c1-6(12)10(16)14-9(11(17)18)13-7-2-4-8(5-3-7)15(19)20/h2-6,9,13H,12H2,1H3,(H,14,16)(H,17,18)/t6-,9?/m0/s1. The van der Waals surface area contributed by atoms with E-state index in [4.69, 9.17) is 10.8 Å². The summed E-state index contributed by atoms with van der Waals surface area (Å²) in [7, 11) is 0. The maximum absolute atomic E-state index is 11.4. The van der Waals surface area contributed by atoms with Gasteiger partial charge in [-0.1, -0.05) is 0 Å². The van der Waals surface area contributed by atoms with Gasteiger partial charge in [-0.25, -0.2) is 4.79 Å². The van der Waals surface area contributed by atoms with Crippen molar-refractivity contribution in [3.63, 3.8) is 0 Å². The molecule has 0 aliphatic heterocycles. The Hall–Kier alpha value is -2.68. The summed E-state index contributed by atoms with van der Waals surface area (Å²) in [5.74, 6) is -1.94. The van der Waals surface area contributed by atoms with Gasteiger partial charge in [-0.15, -0.1) is 0 Å². The van der Waals surface area contributed by atoms with Crippen LogP contribution < -0.4 is 16.4 Å². The number of non-ortho nitro benzene ring substituents is 1. The Bertz CT molecular complexity index is 514. The highest BCUT2D eigenvalue weighted by molar-refractivity contribution is 5.87. The van der Waals surface area contributed by atoms with Crippen LogP contribution in [0.4, 0.5) is 11.4 Å². The van der Waals surface area contributed by atoms with Crippen LogP contribution in [0, 0.1) is 10.1 Å². The van der Waals surface area contributed by atoms with Crippen LogP contribution in [0.3, 0.4) is 0 Å². The molecular weight excluding hydrogens is 268 g/mol. The van der Waals surface area contributed by atoms with E-state index in [0.717, 1.165) is 0 Å². The number of hydrogen-bond acceptors (Lipinski definition) is 6. The molecule has 1 unspecified atom stereocenters. The molecule has 0 radical (unpaired) electrons. The molecule has 5 N–H and O–H groups in total. The van der Waals surface area contributed by atoms with E-state index in [9.17, 15) is 19.7 Å². The molecule has 0 fully saturated rings. The fraction of sp³-hybridized carbons (Fsp3) is 0.273. The van der Waals surface area contributed by atoms with Crippen molar-refractivity contribution in [2.24, 2.45) is 5.73 Å². The number of nitro groups is 1. The molecule has 2 atom stereocenters. The summed E-state index contributed by atoms with van der Waals surface area (Å²) < 4.78 is 0. The lowest BCUT2D eigenvalue weighted by Gasteiger charge is -2.18. The molecule has 1 rings (SSSR count). The second-order valence-electron chi connectivity index (χ2n) is 4.02. The lowest BCUT2D eigenvalue weighted by atomic mass is 10.2. The highest BCUT2D eigenvalue weighted by atomic mass is 16.6. The van der Waals surface area contributed by atoms with Crippen LogP contribution in [0.1, 0.15) is 6.92 Å². The zero-order chi connectivity index (χ0) is 15.3. The van der Waals surface area contributed by atoms with Crippen LogP contribution in [0.5, 0.6) is 0 Å². The Balaban J connectivity index is 2.78. The first kappa shape index (κ1) is 15.4. The number of carboxylic acid groups (broad SMARTS) is 1. The number of nitrogens with zero attached hydrogens (tertiary/aromatic N) is 1. The van der Waals surface area contributed by atoms with Crippen LogP contribution in [-0.4, -0.2) is 34.1 Å². The number of nitro benzene ring substituents is 1. The highest BCUT2D eigenvalue weighted by Crippen LogP contribution is 2.15. The molecule has 0 aromatic heterocycles. The molecule has 108 valence electrons. The second-order valence-corrected chi connectivity index (χ2v) is 4.02. The molecule has 1 aromatic rings. The molecule has 0 aliphatic carbocycles. The SMILES string of the molecule is C[C@H](N)C(=O)NC(Nc1ccc([N+](=O)[O-])cc1)C(=O)O. The van der Waals surface area contributed by atoms with E-state index in [2.05, 4.69) is 10.6 Å². The number of anilines is 1. The van der Waals surface area contributed by atoms with E-state index in [0.29, 0.717) is 5.69 Å². The Morgan fingerprint density at radius 2 is 1.90 bits per heavy atom. The van der Waals surface area contributed by atoms with Crippen LogP contribution in [0.2, 0.25) is 0 Å². The molecule has 20 heavy (non-hydrogen) atoms. The normalized spacial score (nSPS) is 13.1. The summed E-state index contributed by atoms with van der Waals surface area (Å²) in [6, 6.07) is 4.26. The Morgan fingerprint density at radius 3 is 2.30 bits per heavy atom. The van der Waals surface area contributed by atoms with Crippen LogP contribution in [0.15, 0.2) is 24.3 Å². The lowest BCUT2D eigenvalue weighted by Crippen LogP contribution is -2.51. The average Bonchev–Trinajstić information content (AvgIpc) is 2.38. The summed E-state index contributed by atoms with van der Waals surface area (Å²) in [4.78, 5) is 32.3. The molecule has 0 aliphatic rings. The van der Waals surface area contributed by atoms with Gasteiger partial charge >= 0.3 is 5.97 Å². The average molecular weight is 282 g/mol. The fourth-order valence-electron chi connectivity index (χ4n) is 1.28. The van der Waals surface area contributed by atoms with Gasteiger partial charge in [-0.05, 0) is 19.1 Å². The Labute approximate surface area is 113 Å². The first-order valence-corrected chi connectivity index (χ1v) is 5.61. The molecule has 0 saturated carbocycles. The highest BCUT2D eigenvalue weighted by Gasteiger charge is 2.21. The van der Waals surface area contributed by atoms with Crippen molar-refractivity contribution < 1.29 is 19.6 Å². The summed E-state index contributed by atoms with van der Waals surface area (Å²) in [5.41, 5.74) is 5.51. The molecule has 0 saturated heterocycles. The zero-order valence-electron chi connectivity index (χ0n) is 10.6. The first-order valence-electron chi connectivity index (χ1n) is 5.61. The number of carboxylic acids is 1. The summed E-state index contributed by atoms with van der Waals surface area (Å²) in [5, 5.41) is 24.2. The maximum atomic E-state index is 11.4. The van der Waals surface area contributed by atoms with Crippen LogP contribution in [-0.2, 0) is 9.59 Å². The summed E-state index contributed by atoms with van der Waals surface area (Å²) >= 11 is 0. The minimum Gasteiger partial charge on any atom is -0.478 e. The number of benzene rings is 1. The second kappa shape index (κ2) is 6.48. The predicted molar refractivity (Wildman–Crippen MR) is 69.9 cm³/mol. The number of nitrogens with two attached hydrogens (primary N) is 1. The third-order valence-electron chi connectivity index (χ3n) is 2.34. The van der Waals surface area contributed by atoms with E-state index >= 15 is 0 Å². The van der Waals surface area contributed by atoms with Crippen molar-refractivity contribution in [2.75, 3.05) is 5.32 Å². The number of rotatable bonds is 6. The van der Waals surface area contributed by atoms with Crippen LogP contribution >= 0.6 is 0 Å². The van der Waals surface area contributed by atoms with Gasteiger partial charge in [0, 0.05) is 17.8 Å². The van der Waals surface area contributed by atoms with Gasteiger partial charge in [-0.2, -0.15) is 0 Å². The van der Waals surface area contributed by atoms with Crippen molar-refractivity contribution in [1.29, 1.82) is 0 Å². The van der Waals surface area contributed by atoms with Gasteiger partial charge in [0.15, 0.2) is 6.17 Å². The number of amides is 1. The van der Waals surface area contributed by atoms with Gasteiger partial charge in [0.05, 0.1) is 11.0 Å². The Morgan fingerprint density at radius 1 is 1.35 bits per heavy atom. The van der Waals surface area contributed by atoms with Crippen LogP contribution in [0.25, 0.3) is 0 Å². The molecule has 1 aromatic carbocycles. The van der Waals surface area contributed by atoms with Gasteiger partial charge in [0.1, 0.15) is 0 Å². The minimum absolute atomic E-state index is 0.123. The fourth-order valence-corrected chi connectivity index (χ4v) is 1.28. The van der Waals surface area contributed by atoms with Gasteiger partial charge in [0.2, 0.25) is 5.91 Å². The van der Waals surface area contributed by atoms with E-state index in [1.165, 1.54) is 31.2 Å². The van der Waals surface area contributed by atoms with Crippen molar-refractivity contribution >= 4 is 23.3 Å². The lowest BCUT2D eigenvalue weighted by molar-refractivity contribution is -0.384. The number of carbonyl (C=O) groups excluding carboxylic acids is 1. The van der Waals surface area contributed by atoms with E-state index in [-0.39, 0.29) is 5.69 Å². The monoisotopic (exact) mass is 282 g/mol. The molecule has 9 nitrogen and oxygen atoms in total. The van der Waals surface area contributed by atoms with Gasteiger partial charge in [0.25, 0.3) is 5.69 Å². The first-order chi connectivity index (χ1) is 9.31. The third kappa shape index (κ3) is 4.21. The number of hydrogen-bond donors (Lipinski definition) is 4. The van der Waals surface area contributed by atoms with E-state index < -0.39 is 29.0 Å². The zero-order valence-corrected chi connectivity index (χ0v) is 10.6. The van der Waals surface area contributed by atoms with Gasteiger partial charge < -0.3 is 21.5 Å². The predicted octanol–water partition coefficient (Wildman–Crippen LogP) is -0.119. The third-order valence-corrected chi connectivity index (χ3v) is 2.34. The van der Waals surface area contributed by atoms with Crippen molar-refractivity contribution in [1.82, 2.24) is 5.32 Å². The molecule has 9 heteroatoms. The number of aliphatic carboxylic acids is 1. The minimum atomic E-state index is -1.38. The summed E-state index contributed by atoms with van der Waals surface area (Å²) in [6.45, 7) is 1.42. The van der Waals surface area contributed by atoms with Crippen molar-refractivity contribution in [3.8, 4) is 0 Å². The molecule has 0 spiro atoms.